The Morgan fingerprint density at radius 2 is 2.19 bits per heavy atom. The number of aromatic nitrogens is 1. The Morgan fingerprint density at radius 1 is 1.44 bits per heavy atom. The van der Waals surface area contributed by atoms with Crippen LogP contribution in [0, 0.1) is 0 Å². The van der Waals surface area contributed by atoms with Gasteiger partial charge < -0.3 is 11.1 Å². The number of nitrogens with one attached hydrogen (secondary N) is 1. The summed E-state index contributed by atoms with van der Waals surface area (Å²) in [5, 5.41) is 3.27. The van der Waals surface area contributed by atoms with Gasteiger partial charge in [-0.2, -0.15) is 0 Å². The molecule has 0 saturated carbocycles. The highest BCUT2D eigenvalue weighted by Gasteiger charge is 2.16. The minimum atomic E-state index is 0.0577. The number of nitrogens with zero attached hydrogens (tertiary/aromatic N) is 1. The van der Waals surface area contributed by atoms with Crippen molar-refractivity contribution in [2.75, 3.05) is 17.6 Å². The molecule has 4 heteroatoms. The fourth-order valence-corrected chi connectivity index (χ4v) is 2.17. The number of fused-ring (bicyclic) bond motifs is 1. The molecule has 1 aromatic rings. The second-order valence-corrected chi connectivity index (χ2v) is 4.64. The summed E-state index contributed by atoms with van der Waals surface area (Å²) < 4.78 is 1.76. The van der Waals surface area contributed by atoms with Gasteiger partial charge in [0.25, 0.3) is 5.56 Å². The molecular formula is C12H19N3O. The normalized spacial score (nSPS) is 15.4. The average Bonchev–Trinajstić information content (AvgIpc) is 2.48. The van der Waals surface area contributed by atoms with Gasteiger partial charge in [-0.15, -0.1) is 0 Å². The maximum atomic E-state index is 12.0. The Bertz CT molecular complexity index is 448. The van der Waals surface area contributed by atoms with Crippen molar-refractivity contribution in [3.63, 3.8) is 0 Å². The van der Waals surface area contributed by atoms with Gasteiger partial charge in [0, 0.05) is 19.2 Å². The van der Waals surface area contributed by atoms with Gasteiger partial charge in [-0.3, -0.25) is 9.36 Å². The van der Waals surface area contributed by atoms with Gasteiger partial charge in [0.15, 0.2) is 0 Å². The summed E-state index contributed by atoms with van der Waals surface area (Å²) in [5.41, 5.74) is 7.86. The van der Waals surface area contributed by atoms with Crippen molar-refractivity contribution in [1.82, 2.24) is 4.57 Å². The van der Waals surface area contributed by atoms with E-state index in [1.165, 1.54) is 0 Å². The van der Waals surface area contributed by atoms with Gasteiger partial charge in [-0.25, -0.2) is 0 Å². The Hall–Kier alpha value is -1.45. The van der Waals surface area contributed by atoms with E-state index in [2.05, 4.69) is 19.2 Å². The Kier molecular flexibility index (Phi) is 2.90. The zero-order valence-electron chi connectivity index (χ0n) is 9.92. The van der Waals surface area contributed by atoms with Crippen molar-refractivity contribution in [2.45, 2.75) is 39.2 Å². The molecule has 2 heterocycles. The van der Waals surface area contributed by atoms with E-state index in [1.54, 1.807) is 10.6 Å². The molecule has 1 aromatic heterocycles. The smallest absolute Gasteiger partial charge is 0.252 e. The van der Waals surface area contributed by atoms with Crippen molar-refractivity contribution >= 4 is 11.5 Å². The van der Waals surface area contributed by atoms with Crippen LogP contribution in [0.2, 0.25) is 0 Å². The molecule has 16 heavy (non-hydrogen) atoms. The molecule has 0 spiro atoms. The summed E-state index contributed by atoms with van der Waals surface area (Å²) in [6.45, 7) is 5.77. The lowest BCUT2D eigenvalue weighted by molar-refractivity contribution is 0.636. The lowest BCUT2D eigenvalue weighted by Gasteiger charge is -2.17. The van der Waals surface area contributed by atoms with Crippen LogP contribution >= 0.6 is 0 Å². The first-order chi connectivity index (χ1) is 7.61. The number of rotatable bonds is 1. The number of anilines is 2. The Balaban J connectivity index is 2.61. The highest BCUT2D eigenvalue weighted by molar-refractivity contribution is 5.67. The van der Waals surface area contributed by atoms with E-state index >= 15 is 0 Å². The van der Waals surface area contributed by atoms with Gasteiger partial charge in [-0.05, 0) is 24.3 Å². The van der Waals surface area contributed by atoms with Gasteiger partial charge >= 0.3 is 0 Å². The van der Waals surface area contributed by atoms with Crippen LogP contribution in [0.4, 0.5) is 11.5 Å². The maximum absolute atomic E-state index is 12.0. The zero-order valence-corrected chi connectivity index (χ0v) is 9.92. The Labute approximate surface area is 95.5 Å². The van der Waals surface area contributed by atoms with Crippen LogP contribution in [-0.4, -0.2) is 11.1 Å². The highest BCUT2D eigenvalue weighted by atomic mass is 16.1. The summed E-state index contributed by atoms with van der Waals surface area (Å²) in [5.74, 6) is 1.09. The van der Waals surface area contributed by atoms with Crippen molar-refractivity contribution in [2.24, 2.45) is 0 Å². The lowest BCUT2D eigenvalue weighted by atomic mass is 10.0. The van der Waals surface area contributed by atoms with Gasteiger partial charge in [0.2, 0.25) is 0 Å². The molecular weight excluding hydrogens is 202 g/mol. The first-order valence-electron chi connectivity index (χ1n) is 5.88. The van der Waals surface area contributed by atoms with E-state index in [1.807, 2.05) is 0 Å². The van der Waals surface area contributed by atoms with E-state index < -0.39 is 0 Å². The van der Waals surface area contributed by atoms with Crippen LogP contribution in [0.3, 0.4) is 0 Å². The van der Waals surface area contributed by atoms with Crippen LogP contribution in [0.15, 0.2) is 10.9 Å². The molecule has 2 rings (SSSR count). The predicted molar refractivity (Wildman–Crippen MR) is 66.9 cm³/mol. The third kappa shape index (κ3) is 1.79. The molecule has 88 valence electrons. The fourth-order valence-electron chi connectivity index (χ4n) is 2.17. The fraction of sp³-hybridized carbons (Fsp3) is 0.583. The molecule has 4 nitrogen and oxygen atoms in total. The van der Waals surface area contributed by atoms with Crippen LogP contribution in [0.1, 0.15) is 38.2 Å². The van der Waals surface area contributed by atoms with Crippen LogP contribution in [0.25, 0.3) is 0 Å². The summed E-state index contributed by atoms with van der Waals surface area (Å²) in [4.78, 5) is 12.0. The molecule has 0 aliphatic carbocycles. The number of nitrogens with two attached hydrogens (primary N) is 1. The molecule has 0 amide bonds. The van der Waals surface area contributed by atoms with Crippen LogP contribution < -0.4 is 16.6 Å². The van der Waals surface area contributed by atoms with Crippen molar-refractivity contribution in [1.29, 1.82) is 0 Å². The van der Waals surface area contributed by atoms with E-state index in [4.69, 9.17) is 5.73 Å². The lowest BCUT2D eigenvalue weighted by Crippen LogP contribution is -2.24. The van der Waals surface area contributed by atoms with Gasteiger partial charge in [0.05, 0.1) is 5.69 Å². The van der Waals surface area contributed by atoms with Crippen molar-refractivity contribution in [3.05, 3.63) is 22.0 Å². The number of hydrogen-bond acceptors (Lipinski definition) is 3. The summed E-state index contributed by atoms with van der Waals surface area (Å²) in [7, 11) is 0. The Morgan fingerprint density at radius 3 is 2.88 bits per heavy atom. The highest BCUT2D eigenvalue weighted by Crippen LogP contribution is 2.28. The molecule has 1 aliphatic rings. The summed E-state index contributed by atoms with van der Waals surface area (Å²) in [6, 6.07) is 1.68. The van der Waals surface area contributed by atoms with Gasteiger partial charge in [0.1, 0.15) is 5.82 Å². The summed E-state index contributed by atoms with van der Waals surface area (Å²) in [6.07, 6.45) is 2.11. The quantitative estimate of drug-likeness (QED) is 0.759. The predicted octanol–water partition coefficient (Wildman–Crippen LogP) is 1.76. The van der Waals surface area contributed by atoms with Crippen LogP contribution in [0.5, 0.6) is 0 Å². The van der Waals surface area contributed by atoms with E-state index in [9.17, 15) is 4.79 Å². The molecule has 0 aromatic carbocycles. The number of hydrogen-bond donors (Lipinski definition) is 2. The topological polar surface area (TPSA) is 60.0 Å². The van der Waals surface area contributed by atoms with Crippen LogP contribution in [-0.2, 0) is 6.54 Å². The minimum absolute atomic E-state index is 0.0577. The molecule has 3 N–H and O–H groups in total. The largest absolute Gasteiger partial charge is 0.396 e. The molecule has 0 bridgehead atoms. The van der Waals surface area contributed by atoms with Crippen molar-refractivity contribution in [3.8, 4) is 0 Å². The number of pyridine rings is 1. The SMILES string of the molecule is CC(C)c1cc(=O)n2c(c1N)NCCCC2. The average molecular weight is 221 g/mol. The van der Waals surface area contributed by atoms with Gasteiger partial charge in [-0.1, -0.05) is 13.8 Å². The number of nitrogen functional groups attached to an aromatic ring is 1. The first kappa shape index (κ1) is 11.0. The molecule has 0 saturated heterocycles. The molecule has 1 aliphatic heterocycles. The van der Waals surface area contributed by atoms with E-state index in [-0.39, 0.29) is 11.5 Å². The monoisotopic (exact) mass is 221 g/mol. The standard InChI is InChI=1S/C12H19N3O/c1-8(2)9-7-10(16)15-6-4-3-5-14-12(15)11(9)13/h7-8,14H,3-6,13H2,1-2H3. The van der Waals surface area contributed by atoms with Crippen molar-refractivity contribution < 1.29 is 0 Å². The maximum Gasteiger partial charge on any atom is 0.252 e. The minimum Gasteiger partial charge on any atom is -0.396 e. The first-order valence-corrected chi connectivity index (χ1v) is 5.88. The molecule has 0 radical (unpaired) electrons. The molecule has 0 fully saturated rings. The molecule has 0 unspecified atom stereocenters. The second-order valence-electron chi connectivity index (χ2n) is 4.64. The third-order valence-electron chi connectivity index (χ3n) is 3.10. The van der Waals surface area contributed by atoms with E-state index in [0.717, 1.165) is 43.0 Å². The second kappa shape index (κ2) is 4.20. The third-order valence-corrected chi connectivity index (χ3v) is 3.10. The summed E-state index contributed by atoms with van der Waals surface area (Å²) >= 11 is 0. The van der Waals surface area contributed by atoms with E-state index in [0.29, 0.717) is 0 Å². The molecule has 0 atom stereocenters. The zero-order chi connectivity index (χ0) is 11.7.